The number of ether oxygens (including phenoxy) is 3. The van der Waals surface area contributed by atoms with Crippen LogP contribution in [-0.2, 0) is 4.74 Å². The highest BCUT2D eigenvalue weighted by atomic mass is 16.6. The van der Waals surface area contributed by atoms with Crippen LogP contribution in [0.1, 0.15) is 22.1 Å². The van der Waals surface area contributed by atoms with Gasteiger partial charge in [0, 0.05) is 35.8 Å². The average molecular weight is 495 g/mol. The van der Waals surface area contributed by atoms with Crippen molar-refractivity contribution in [2.45, 2.75) is 6.17 Å². The van der Waals surface area contributed by atoms with Crippen molar-refractivity contribution < 1.29 is 19.0 Å². The number of hydrogen-bond acceptors (Lipinski definition) is 7. The van der Waals surface area contributed by atoms with Crippen molar-refractivity contribution in [3.05, 3.63) is 83.9 Å². The Hall–Kier alpha value is -4.30. The summed E-state index contributed by atoms with van der Waals surface area (Å²) in [4.78, 5) is 23.2. The van der Waals surface area contributed by atoms with Crippen LogP contribution in [0.5, 0.6) is 11.5 Å². The SMILES string of the molecule is O=C1c2ccccc2NC(c2cc3ccccc3nc2N2CCOCC2)N1c1ccc2c(c1)OCCO2. The number of rotatable bonds is 3. The van der Waals surface area contributed by atoms with Gasteiger partial charge < -0.3 is 24.4 Å². The Labute approximate surface area is 214 Å². The van der Waals surface area contributed by atoms with Gasteiger partial charge in [-0.1, -0.05) is 30.3 Å². The van der Waals surface area contributed by atoms with Gasteiger partial charge in [-0.25, -0.2) is 4.98 Å². The number of para-hydroxylation sites is 2. The van der Waals surface area contributed by atoms with E-state index in [2.05, 4.69) is 22.3 Å². The number of morpholine rings is 1. The van der Waals surface area contributed by atoms with Gasteiger partial charge in [0.2, 0.25) is 0 Å². The lowest BCUT2D eigenvalue weighted by molar-refractivity contribution is 0.0974. The van der Waals surface area contributed by atoms with E-state index in [4.69, 9.17) is 19.2 Å². The molecule has 3 aliphatic heterocycles. The first kappa shape index (κ1) is 21.9. The first-order chi connectivity index (χ1) is 18.3. The summed E-state index contributed by atoms with van der Waals surface area (Å²) in [6, 6.07) is 23.5. The van der Waals surface area contributed by atoms with Gasteiger partial charge >= 0.3 is 0 Å². The van der Waals surface area contributed by atoms with E-state index >= 15 is 0 Å². The Morgan fingerprint density at radius 1 is 0.838 bits per heavy atom. The summed E-state index contributed by atoms with van der Waals surface area (Å²) < 4.78 is 17.2. The number of fused-ring (bicyclic) bond motifs is 3. The molecular formula is C29H26N4O4. The van der Waals surface area contributed by atoms with E-state index in [0.717, 1.165) is 46.7 Å². The normalized spacial score (nSPS) is 18.9. The van der Waals surface area contributed by atoms with Gasteiger partial charge in [0.25, 0.3) is 5.91 Å². The Bertz CT molecular complexity index is 1500. The molecule has 1 fully saturated rings. The Balaban J connectivity index is 1.42. The number of amides is 1. The fourth-order valence-electron chi connectivity index (χ4n) is 5.27. The quantitative estimate of drug-likeness (QED) is 0.446. The van der Waals surface area contributed by atoms with E-state index in [0.29, 0.717) is 43.5 Å². The van der Waals surface area contributed by atoms with Crippen molar-refractivity contribution in [3.8, 4) is 11.5 Å². The lowest BCUT2D eigenvalue weighted by Gasteiger charge is -2.40. The highest BCUT2D eigenvalue weighted by Gasteiger charge is 2.37. The molecule has 0 radical (unpaired) electrons. The van der Waals surface area contributed by atoms with Crippen LogP contribution in [0.3, 0.4) is 0 Å². The number of aromatic nitrogens is 1. The third-order valence-corrected chi connectivity index (χ3v) is 7.07. The van der Waals surface area contributed by atoms with Crippen molar-refractivity contribution in [1.29, 1.82) is 0 Å². The third-order valence-electron chi connectivity index (χ3n) is 7.07. The van der Waals surface area contributed by atoms with E-state index in [9.17, 15) is 4.79 Å². The molecule has 1 aromatic heterocycles. The fourth-order valence-corrected chi connectivity index (χ4v) is 5.27. The van der Waals surface area contributed by atoms with E-state index in [1.54, 1.807) is 4.90 Å². The van der Waals surface area contributed by atoms with Crippen LogP contribution in [0.25, 0.3) is 10.9 Å². The summed E-state index contributed by atoms with van der Waals surface area (Å²) >= 11 is 0. The van der Waals surface area contributed by atoms with Crippen LogP contribution in [-0.4, -0.2) is 50.4 Å². The standard InChI is InChI=1S/C29H26N4O4/c34-29-21-6-2-4-8-24(21)31-28(33(29)20-9-10-25-26(18-20)37-16-15-36-25)22-17-19-5-1-3-7-23(19)30-27(22)32-11-13-35-14-12-32/h1-10,17-18,28,31H,11-16H2. The number of nitrogens with zero attached hydrogens (tertiary/aromatic N) is 3. The van der Waals surface area contributed by atoms with Crippen molar-refractivity contribution >= 4 is 34.0 Å². The van der Waals surface area contributed by atoms with Gasteiger partial charge in [-0.05, 0) is 36.4 Å². The number of anilines is 3. The van der Waals surface area contributed by atoms with Gasteiger partial charge in [-0.15, -0.1) is 0 Å². The topological polar surface area (TPSA) is 76.2 Å². The number of pyridine rings is 1. The molecule has 4 aromatic rings. The summed E-state index contributed by atoms with van der Waals surface area (Å²) in [7, 11) is 0. The summed E-state index contributed by atoms with van der Waals surface area (Å²) in [5.74, 6) is 2.09. The maximum atomic E-state index is 14.1. The fraction of sp³-hybridized carbons (Fsp3) is 0.241. The minimum Gasteiger partial charge on any atom is -0.486 e. The molecule has 186 valence electrons. The zero-order chi connectivity index (χ0) is 24.8. The van der Waals surface area contributed by atoms with Crippen molar-refractivity contribution in [1.82, 2.24) is 4.98 Å². The van der Waals surface area contributed by atoms with Crippen molar-refractivity contribution in [2.24, 2.45) is 0 Å². The molecule has 0 bridgehead atoms. The van der Waals surface area contributed by atoms with Crippen LogP contribution in [0.4, 0.5) is 17.2 Å². The van der Waals surface area contributed by atoms with Gasteiger partial charge in [0.05, 0.1) is 30.0 Å². The molecule has 0 saturated carbocycles. The molecule has 0 aliphatic carbocycles. The number of hydrogen-bond donors (Lipinski definition) is 1. The lowest BCUT2D eigenvalue weighted by Crippen LogP contribution is -2.45. The zero-order valence-corrected chi connectivity index (χ0v) is 20.2. The highest BCUT2D eigenvalue weighted by molar-refractivity contribution is 6.12. The second kappa shape index (κ2) is 8.97. The monoisotopic (exact) mass is 494 g/mol. The van der Waals surface area contributed by atoms with E-state index in [1.165, 1.54) is 0 Å². The largest absolute Gasteiger partial charge is 0.486 e. The molecule has 1 saturated heterocycles. The zero-order valence-electron chi connectivity index (χ0n) is 20.2. The third kappa shape index (κ3) is 3.81. The molecule has 1 atom stereocenters. The molecule has 0 spiro atoms. The van der Waals surface area contributed by atoms with E-state index in [1.807, 2.05) is 60.7 Å². The molecular weight excluding hydrogens is 468 g/mol. The minimum atomic E-state index is -0.486. The second-order valence-electron chi connectivity index (χ2n) is 9.29. The van der Waals surface area contributed by atoms with Crippen molar-refractivity contribution in [3.63, 3.8) is 0 Å². The van der Waals surface area contributed by atoms with Gasteiger partial charge in [0.15, 0.2) is 11.5 Å². The van der Waals surface area contributed by atoms with E-state index < -0.39 is 6.17 Å². The lowest BCUT2D eigenvalue weighted by atomic mass is 10.0. The van der Waals surface area contributed by atoms with Crippen LogP contribution in [0, 0.1) is 0 Å². The van der Waals surface area contributed by atoms with Crippen LogP contribution < -0.4 is 24.6 Å². The maximum Gasteiger partial charge on any atom is 0.262 e. The number of benzene rings is 3. The van der Waals surface area contributed by atoms with Crippen LogP contribution in [0.2, 0.25) is 0 Å². The van der Waals surface area contributed by atoms with Crippen molar-refractivity contribution in [2.75, 3.05) is 54.6 Å². The molecule has 8 nitrogen and oxygen atoms in total. The van der Waals surface area contributed by atoms with Gasteiger partial charge in [-0.3, -0.25) is 9.69 Å². The molecule has 1 amide bonds. The second-order valence-corrected chi connectivity index (χ2v) is 9.29. The first-order valence-electron chi connectivity index (χ1n) is 12.6. The molecule has 1 unspecified atom stereocenters. The number of nitrogens with one attached hydrogen (secondary N) is 1. The molecule has 1 N–H and O–H groups in total. The molecule has 37 heavy (non-hydrogen) atoms. The summed E-state index contributed by atoms with van der Waals surface area (Å²) in [6.07, 6.45) is -0.486. The molecule has 3 aliphatic rings. The predicted octanol–water partition coefficient (Wildman–Crippen LogP) is 4.61. The average Bonchev–Trinajstić information content (AvgIpc) is 2.96. The number of carbonyl (C=O) groups excluding carboxylic acids is 1. The molecule has 8 heteroatoms. The molecule has 7 rings (SSSR count). The van der Waals surface area contributed by atoms with E-state index in [-0.39, 0.29) is 5.91 Å². The minimum absolute atomic E-state index is 0.0860. The summed E-state index contributed by atoms with van der Waals surface area (Å²) in [6.45, 7) is 3.74. The molecule has 4 heterocycles. The van der Waals surface area contributed by atoms with Crippen LogP contribution >= 0.6 is 0 Å². The first-order valence-corrected chi connectivity index (χ1v) is 12.6. The van der Waals surface area contributed by atoms with Crippen LogP contribution in [0.15, 0.2) is 72.8 Å². The van der Waals surface area contributed by atoms with Gasteiger partial charge in [-0.2, -0.15) is 0 Å². The maximum absolute atomic E-state index is 14.1. The molecule has 3 aromatic carbocycles. The smallest absolute Gasteiger partial charge is 0.262 e. The number of carbonyl (C=O) groups is 1. The highest BCUT2D eigenvalue weighted by Crippen LogP contribution is 2.43. The Morgan fingerprint density at radius 2 is 1.62 bits per heavy atom. The summed E-state index contributed by atoms with van der Waals surface area (Å²) in [5.41, 5.74) is 3.99. The Morgan fingerprint density at radius 3 is 2.51 bits per heavy atom. The van der Waals surface area contributed by atoms with Gasteiger partial charge in [0.1, 0.15) is 25.2 Å². The predicted molar refractivity (Wildman–Crippen MR) is 142 cm³/mol. The summed E-state index contributed by atoms with van der Waals surface area (Å²) in [5, 5.41) is 4.67. The Kier molecular flexibility index (Phi) is 5.32.